The maximum absolute atomic E-state index is 11.9. The van der Waals surface area contributed by atoms with Crippen molar-refractivity contribution < 1.29 is 9.59 Å². The van der Waals surface area contributed by atoms with Crippen molar-refractivity contribution in [1.29, 1.82) is 0 Å². The van der Waals surface area contributed by atoms with Crippen LogP contribution in [-0.4, -0.2) is 30.9 Å². The highest BCUT2D eigenvalue weighted by Gasteiger charge is 2.14. The maximum atomic E-state index is 11.9. The van der Waals surface area contributed by atoms with Crippen molar-refractivity contribution in [2.24, 2.45) is 0 Å². The third kappa shape index (κ3) is 4.66. The van der Waals surface area contributed by atoms with Gasteiger partial charge in [0.25, 0.3) is 5.91 Å². The van der Waals surface area contributed by atoms with Crippen LogP contribution in [0.3, 0.4) is 0 Å². The Morgan fingerprint density at radius 3 is 2.40 bits per heavy atom. The van der Waals surface area contributed by atoms with Gasteiger partial charge in [-0.05, 0) is 45.4 Å². The number of anilines is 1. The van der Waals surface area contributed by atoms with E-state index in [9.17, 15) is 9.59 Å². The molecule has 5 heteroatoms. The molecule has 1 aromatic rings. The summed E-state index contributed by atoms with van der Waals surface area (Å²) >= 11 is 0. The van der Waals surface area contributed by atoms with Crippen LogP contribution < -0.4 is 16.0 Å². The third-order valence-corrected chi connectivity index (χ3v) is 2.86. The van der Waals surface area contributed by atoms with E-state index in [-0.39, 0.29) is 23.9 Å². The van der Waals surface area contributed by atoms with Crippen LogP contribution in [0.5, 0.6) is 0 Å². The fourth-order valence-corrected chi connectivity index (χ4v) is 1.69. The van der Waals surface area contributed by atoms with Gasteiger partial charge in [0.15, 0.2) is 0 Å². The first kappa shape index (κ1) is 16.2. The molecule has 0 fully saturated rings. The van der Waals surface area contributed by atoms with Crippen molar-refractivity contribution in [2.45, 2.75) is 33.2 Å². The van der Waals surface area contributed by atoms with Crippen LogP contribution >= 0.6 is 0 Å². The molecule has 0 unspecified atom stereocenters. The average molecular weight is 277 g/mol. The number of amides is 2. The summed E-state index contributed by atoms with van der Waals surface area (Å²) in [5.74, 6) is -0.288. The SMILES string of the molecule is CNC(=O)c1cccc(NC(=O)CNC(C)(C)C)c1C. The maximum Gasteiger partial charge on any atom is 0.251 e. The summed E-state index contributed by atoms with van der Waals surface area (Å²) in [7, 11) is 1.58. The average Bonchev–Trinajstić information content (AvgIpc) is 2.37. The molecule has 0 aliphatic carbocycles. The molecule has 1 rings (SSSR count). The van der Waals surface area contributed by atoms with Crippen LogP contribution in [-0.2, 0) is 4.79 Å². The highest BCUT2D eigenvalue weighted by atomic mass is 16.2. The fourth-order valence-electron chi connectivity index (χ4n) is 1.69. The molecule has 5 nitrogen and oxygen atoms in total. The van der Waals surface area contributed by atoms with E-state index in [2.05, 4.69) is 16.0 Å². The van der Waals surface area contributed by atoms with Crippen LogP contribution in [0, 0.1) is 6.92 Å². The Bertz CT molecular complexity index is 504. The Balaban J connectivity index is 2.78. The molecule has 20 heavy (non-hydrogen) atoms. The summed E-state index contributed by atoms with van der Waals surface area (Å²) in [4.78, 5) is 23.6. The monoisotopic (exact) mass is 277 g/mol. The standard InChI is InChI=1S/C15H23N3O2/c1-10-11(14(20)16-5)7-6-8-12(10)18-13(19)9-17-15(2,3)4/h6-8,17H,9H2,1-5H3,(H,16,20)(H,18,19). The summed E-state index contributed by atoms with van der Waals surface area (Å²) < 4.78 is 0. The number of hydrogen-bond donors (Lipinski definition) is 3. The second kappa shape index (κ2) is 6.52. The minimum Gasteiger partial charge on any atom is -0.355 e. The van der Waals surface area contributed by atoms with E-state index >= 15 is 0 Å². The molecule has 0 aliphatic heterocycles. The summed E-state index contributed by atoms with van der Waals surface area (Å²) in [6.45, 7) is 8.04. The lowest BCUT2D eigenvalue weighted by Crippen LogP contribution is -2.41. The summed E-state index contributed by atoms with van der Waals surface area (Å²) in [5, 5.41) is 8.52. The summed E-state index contributed by atoms with van der Waals surface area (Å²) in [5.41, 5.74) is 1.87. The number of carbonyl (C=O) groups excluding carboxylic acids is 2. The second-order valence-corrected chi connectivity index (χ2v) is 5.71. The minimum atomic E-state index is -0.161. The number of nitrogens with one attached hydrogen (secondary N) is 3. The van der Waals surface area contributed by atoms with E-state index in [0.29, 0.717) is 11.3 Å². The lowest BCUT2D eigenvalue weighted by molar-refractivity contribution is -0.115. The predicted octanol–water partition coefficient (Wildman–Crippen LogP) is 1.68. The van der Waals surface area contributed by atoms with Gasteiger partial charge in [-0.15, -0.1) is 0 Å². The van der Waals surface area contributed by atoms with Gasteiger partial charge in [0.05, 0.1) is 6.54 Å². The van der Waals surface area contributed by atoms with Gasteiger partial charge in [-0.3, -0.25) is 9.59 Å². The van der Waals surface area contributed by atoms with E-state index in [0.717, 1.165) is 5.56 Å². The van der Waals surface area contributed by atoms with Crippen molar-refractivity contribution in [3.05, 3.63) is 29.3 Å². The molecule has 110 valence electrons. The van der Waals surface area contributed by atoms with Crippen molar-refractivity contribution in [3.8, 4) is 0 Å². The number of benzene rings is 1. The van der Waals surface area contributed by atoms with Crippen molar-refractivity contribution >= 4 is 17.5 Å². The molecule has 0 aliphatic rings. The summed E-state index contributed by atoms with van der Waals surface area (Å²) in [6.07, 6.45) is 0. The highest BCUT2D eigenvalue weighted by Crippen LogP contribution is 2.18. The zero-order valence-corrected chi connectivity index (χ0v) is 12.8. The van der Waals surface area contributed by atoms with Crippen molar-refractivity contribution in [3.63, 3.8) is 0 Å². The first-order chi connectivity index (χ1) is 9.24. The minimum absolute atomic E-state index is 0.115. The predicted molar refractivity (Wildman–Crippen MR) is 81.0 cm³/mol. The van der Waals surface area contributed by atoms with Gasteiger partial charge in [-0.25, -0.2) is 0 Å². The van der Waals surface area contributed by atoms with Crippen LogP contribution in [0.25, 0.3) is 0 Å². The third-order valence-electron chi connectivity index (χ3n) is 2.86. The first-order valence-electron chi connectivity index (χ1n) is 6.61. The molecule has 0 atom stereocenters. The lowest BCUT2D eigenvalue weighted by atomic mass is 10.1. The van der Waals surface area contributed by atoms with E-state index in [1.807, 2.05) is 27.7 Å². The highest BCUT2D eigenvalue weighted by molar-refractivity contribution is 5.99. The van der Waals surface area contributed by atoms with Gasteiger partial charge in [0, 0.05) is 23.8 Å². The fraction of sp³-hybridized carbons (Fsp3) is 0.467. The van der Waals surface area contributed by atoms with Gasteiger partial charge in [-0.1, -0.05) is 6.07 Å². The molecule has 0 saturated carbocycles. The number of carbonyl (C=O) groups is 2. The number of hydrogen-bond acceptors (Lipinski definition) is 3. The molecule has 2 amide bonds. The molecular formula is C15H23N3O2. The Hall–Kier alpha value is -1.88. The Labute approximate surface area is 120 Å². The van der Waals surface area contributed by atoms with E-state index < -0.39 is 0 Å². The summed E-state index contributed by atoms with van der Waals surface area (Å²) in [6, 6.07) is 5.28. The molecule has 0 spiro atoms. The van der Waals surface area contributed by atoms with E-state index in [4.69, 9.17) is 0 Å². The molecule has 0 radical (unpaired) electrons. The Morgan fingerprint density at radius 1 is 1.20 bits per heavy atom. The van der Waals surface area contributed by atoms with Crippen LogP contribution in [0.2, 0.25) is 0 Å². The number of rotatable bonds is 4. The van der Waals surface area contributed by atoms with Gasteiger partial charge in [0.1, 0.15) is 0 Å². The molecule has 0 aromatic heterocycles. The van der Waals surface area contributed by atoms with Crippen molar-refractivity contribution in [1.82, 2.24) is 10.6 Å². The largest absolute Gasteiger partial charge is 0.355 e. The van der Waals surface area contributed by atoms with Gasteiger partial charge in [-0.2, -0.15) is 0 Å². The quantitative estimate of drug-likeness (QED) is 0.784. The first-order valence-corrected chi connectivity index (χ1v) is 6.61. The molecule has 1 aromatic carbocycles. The van der Waals surface area contributed by atoms with Crippen LogP contribution in [0.4, 0.5) is 5.69 Å². The molecule has 0 saturated heterocycles. The van der Waals surface area contributed by atoms with E-state index in [1.165, 1.54) is 0 Å². The lowest BCUT2D eigenvalue weighted by Gasteiger charge is -2.20. The molecule has 3 N–H and O–H groups in total. The van der Waals surface area contributed by atoms with E-state index in [1.54, 1.807) is 25.2 Å². The smallest absolute Gasteiger partial charge is 0.251 e. The topological polar surface area (TPSA) is 70.2 Å². The Morgan fingerprint density at radius 2 is 1.85 bits per heavy atom. The molecule has 0 bridgehead atoms. The zero-order chi connectivity index (χ0) is 15.3. The van der Waals surface area contributed by atoms with Crippen LogP contribution in [0.1, 0.15) is 36.7 Å². The van der Waals surface area contributed by atoms with Crippen LogP contribution in [0.15, 0.2) is 18.2 Å². The van der Waals surface area contributed by atoms with Crippen molar-refractivity contribution in [2.75, 3.05) is 18.9 Å². The molecular weight excluding hydrogens is 254 g/mol. The van der Waals surface area contributed by atoms with Gasteiger partial charge in [0.2, 0.25) is 5.91 Å². The second-order valence-electron chi connectivity index (χ2n) is 5.71. The Kier molecular flexibility index (Phi) is 5.27. The van der Waals surface area contributed by atoms with Gasteiger partial charge >= 0.3 is 0 Å². The zero-order valence-electron chi connectivity index (χ0n) is 12.8. The molecule has 0 heterocycles. The van der Waals surface area contributed by atoms with Gasteiger partial charge < -0.3 is 16.0 Å². The normalized spacial score (nSPS) is 11.1.